The minimum absolute atomic E-state index is 0.00865. The van der Waals surface area contributed by atoms with Crippen LogP contribution in [0.25, 0.3) is 11.5 Å². The predicted octanol–water partition coefficient (Wildman–Crippen LogP) is 3.57. The van der Waals surface area contributed by atoms with E-state index in [2.05, 4.69) is 15.4 Å². The number of aromatic nitrogens is 4. The SMILES string of the molecule is NC(=O)c1nn(-c2c(Cl)cccc2Cl)cc1Nc1ccc(-n2ccccc2=O)nc1. The average Bonchev–Trinajstić information content (AvgIpc) is 3.12. The number of rotatable bonds is 5. The molecule has 0 aliphatic rings. The Hall–Kier alpha value is -3.62. The number of para-hydroxylation sites is 1. The van der Waals surface area contributed by atoms with Gasteiger partial charge in [0.25, 0.3) is 11.5 Å². The van der Waals surface area contributed by atoms with E-state index in [1.807, 2.05) is 0 Å². The van der Waals surface area contributed by atoms with Crippen molar-refractivity contribution in [3.63, 3.8) is 0 Å². The lowest BCUT2D eigenvalue weighted by molar-refractivity contribution is 0.0996. The highest BCUT2D eigenvalue weighted by Gasteiger charge is 2.18. The minimum atomic E-state index is -0.722. The van der Waals surface area contributed by atoms with Gasteiger partial charge in [-0.15, -0.1) is 0 Å². The Balaban J connectivity index is 1.68. The van der Waals surface area contributed by atoms with Gasteiger partial charge in [-0.2, -0.15) is 5.10 Å². The van der Waals surface area contributed by atoms with Crippen LogP contribution < -0.4 is 16.6 Å². The molecule has 3 aromatic heterocycles. The van der Waals surface area contributed by atoms with Gasteiger partial charge in [0.05, 0.1) is 33.8 Å². The second kappa shape index (κ2) is 8.02. The molecule has 0 fully saturated rings. The first-order valence-electron chi connectivity index (χ1n) is 8.69. The average molecular weight is 441 g/mol. The smallest absolute Gasteiger partial charge is 0.271 e. The minimum Gasteiger partial charge on any atom is -0.364 e. The van der Waals surface area contributed by atoms with Crippen molar-refractivity contribution in [1.82, 2.24) is 19.3 Å². The van der Waals surface area contributed by atoms with Crippen molar-refractivity contribution in [2.45, 2.75) is 0 Å². The number of amides is 1. The second-order valence-corrected chi connectivity index (χ2v) is 7.02. The van der Waals surface area contributed by atoms with Gasteiger partial charge in [-0.3, -0.25) is 14.2 Å². The first-order chi connectivity index (χ1) is 14.4. The van der Waals surface area contributed by atoms with Gasteiger partial charge < -0.3 is 11.1 Å². The number of hydrogen-bond acceptors (Lipinski definition) is 5. The Bertz CT molecular complexity index is 1280. The molecule has 0 spiro atoms. The summed E-state index contributed by atoms with van der Waals surface area (Å²) < 4.78 is 2.80. The number of nitrogens with two attached hydrogens (primary N) is 1. The molecular formula is C20H14Cl2N6O2. The lowest BCUT2D eigenvalue weighted by atomic mass is 10.3. The molecule has 4 rings (SSSR count). The van der Waals surface area contributed by atoms with Crippen LogP contribution in [0.4, 0.5) is 11.4 Å². The Morgan fingerprint density at radius 3 is 2.43 bits per heavy atom. The van der Waals surface area contributed by atoms with Crippen molar-refractivity contribution in [3.8, 4) is 11.5 Å². The van der Waals surface area contributed by atoms with Crippen molar-refractivity contribution in [2.75, 3.05) is 5.32 Å². The molecular weight excluding hydrogens is 427 g/mol. The molecule has 1 aromatic carbocycles. The summed E-state index contributed by atoms with van der Waals surface area (Å²) in [6.45, 7) is 0. The van der Waals surface area contributed by atoms with Gasteiger partial charge in [-0.25, -0.2) is 9.67 Å². The molecule has 0 unspecified atom stereocenters. The molecule has 3 N–H and O–H groups in total. The highest BCUT2D eigenvalue weighted by molar-refractivity contribution is 6.37. The summed E-state index contributed by atoms with van der Waals surface area (Å²) in [5.41, 5.74) is 6.63. The molecule has 8 nitrogen and oxygen atoms in total. The number of primary amides is 1. The van der Waals surface area contributed by atoms with Crippen LogP contribution in [0.1, 0.15) is 10.5 Å². The highest BCUT2D eigenvalue weighted by atomic mass is 35.5. The third kappa shape index (κ3) is 3.78. The van der Waals surface area contributed by atoms with Gasteiger partial charge in [0.1, 0.15) is 11.5 Å². The zero-order chi connectivity index (χ0) is 21.3. The van der Waals surface area contributed by atoms with Crippen molar-refractivity contribution in [2.24, 2.45) is 5.73 Å². The number of hydrogen-bond donors (Lipinski definition) is 2. The molecule has 4 aromatic rings. The Morgan fingerprint density at radius 1 is 1.03 bits per heavy atom. The third-order valence-corrected chi connectivity index (χ3v) is 4.82. The van der Waals surface area contributed by atoms with Crippen LogP contribution in [0.2, 0.25) is 10.0 Å². The van der Waals surface area contributed by atoms with Crippen LogP contribution in [-0.4, -0.2) is 25.2 Å². The predicted molar refractivity (Wildman–Crippen MR) is 115 cm³/mol. The zero-order valence-corrected chi connectivity index (χ0v) is 16.8. The lowest BCUT2D eigenvalue weighted by Crippen LogP contribution is -2.16. The first kappa shape index (κ1) is 19.7. The number of halogens is 2. The molecule has 0 saturated heterocycles. The van der Waals surface area contributed by atoms with E-state index in [0.29, 0.717) is 32.9 Å². The maximum Gasteiger partial charge on any atom is 0.271 e. The van der Waals surface area contributed by atoms with Crippen LogP contribution in [0.3, 0.4) is 0 Å². The topological polar surface area (TPSA) is 108 Å². The number of nitrogens with one attached hydrogen (secondary N) is 1. The maximum absolute atomic E-state index is 11.9. The van der Waals surface area contributed by atoms with Crippen LogP contribution in [-0.2, 0) is 0 Å². The third-order valence-electron chi connectivity index (χ3n) is 4.21. The summed E-state index contributed by atoms with van der Waals surface area (Å²) in [6, 6.07) is 13.3. The molecule has 0 aliphatic heterocycles. The summed E-state index contributed by atoms with van der Waals surface area (Å²) in [5.74, 6) is -0.264. The monoisotopic (exact) mass is 440 g/mol. The van der Waals surface area contributed by atoms with Gasteiger partial charge in [0.15, 0.2) is 5.69 Å². The molecule has 0 radical (unpaired) electrons. The Kier molecular flexibility index (Phi) is 5.26. The quantitative estimate of drug-likeness (QED) is 0.493. The van der Waals surface area contributed by atoms with Crippen molar-refractivity contribution < 1.29 is 4.79 Å². The van der Waals surface area contributed by atoms with E-state index in [4.69, 9.17) is 28.9 Å². The number of anilines is 2. The molecule has 0 saturated carbocycles. The fourth-order valence-electron chi connectivity index (χ4n) is 2.84. The van der Waals surface area contributed by atoms with Crippen LogP contribution in [0, 0.1) is 0 Å². The van der Waals surface area contributed by atoms with Crippen molar-refractivity contribution in [1.29, 1.82) is 0 Å². The molecule has 30 heavy (non-hydrogen) atoms. The van der Waals surface area contributed by atoms with Gasteiger partial charge in [-0.1, -0.05) is 35.3 Å². The van der Waals surface area contributed by atoms with Gasteiger partial charge in [-0.05, 0) is 30.3 Å². The molecule has 3 heterocycles. The van der Waals surface area contributed by atoms with Crippen molar-refractivity contribution >= 4 is 40.5 Å². The van der Waals surface area contributed by atoms with E-state index in [1.165, 1.54) is 21.5 Å². The molecule has 10 heteroatoms. The Morgan fingerprint density at radius 2 is 1.80 bits per heavy atom. The highest BCUT2D eigenvalue weighted by Crippen LogP contribution is 2.30. The van der Waals surface area contributed by atoms with Gasteiger partial charge in [0, 0.05) is 12.3 Å². The number of nitrogens with zero attached hydrogens (tertiary/aromatic N) is 4. The fourth-order valence-corrected chi connectivity index (χ4v) is 3.42. The standard InChI is InChI=1S/C20H14Cl2N6O2/c21-13-4-3-5-14(22)19(13)28-11-15(18(26-28)20(23)30)25-12-7-8-16(24-10-12)27-9-2-1-6-17(27)29/h1-11,25H,(H2,23,30). The molecule has 0 atom stereocenters. The van der Waals surface area contributed by atoms with E-state index in [0.717, 1.165) is 0 Å². The maximum atomic E-state index is 11.9. The van der Waals surface area contributed by atoms with E-state index in [1.54, 1.807) is 54.9 Å². The summed E-state index contributed by atoms with van der Waals surface area (Å²) in [5, 5.41) is 8.01. The Labute approximate surface area is 180 Å². The summed E-state index contributed by atoms with van der Waals surface area (Å²) in [7, 11) is 0. The van der Waals surface area contributed by atoms with Gasteiger partial charge in [0.2, 0.25) is 0 Å². The normalized spacial score (nSPS) is 10.7. The van der Waals surface area contributed by atoms with E-state index in [-0.39, 0.29) is 11.3 Å². The number of pyridine rings is 2. The molecule has 0 bridgehead atoms. The first-order valence-corrected chi connectivity index (χ1v) is 9.44. The van der Waals surface area contributed by atoms with Crippen molar-refractivity contribution in [3.05, 3.63) is 93.2 Å². The van der Waals surface area contributed by atoms with E-state index >= 15 is 0 Å². The zero-order valence-electron chi connectivity index (χ0n) is 15.3. The van der Waals surface area contributed by atoms with Crippen LogP contribution >= 0.6 is 23.2 Å². The second-order valence-electron chi connectivity index (χ2n) is 6.21. The molecule has 150 valence electrons. The molecule has 0 aliphatic carbocycles. The summed E-state index contributed by atoms with van der Waals surface area (Å²) in [4.78, 5) is 28.1. The lowest BCUT2D eigenvalue weighted by Gasteiger charge is -2.07. The number of carbonyl (C=O) groups is 1. The summed E-state index contributed by atoms with van der Waals surface area (Å²) in [6.07, 6.45) is 4.71. The van der Waals surface area contributed by atoms with E-state index < -0.39 is 5.91 Å². The summed E-state index contributed by atoms with van der Waals surface area (Å²) >= 11 is 12.5. The largest absolute Gasteiger partial charge is 0.364 e. The number of benzene rings is 1. The van der Waals surface area contributed by atoms with Crippen LogP contribution in [0.15, 0.2) is 71.9 Å². The number of carbonyl (C=O) groups excluding carboxylic acids is 1. The van der Waals surface area contributed by atoms with Gasteiger partial charge >= 0.3 is 0 Å². The van der Waals surface area contributed by atoms with Crippen LogP contribution in [0.5, 0.6) is 0 Å². The van der Waals surface area contributed by atoms with E-state index in [9.17, 15) is 9.59 Å². The fraction of sp³-hybridized carbons (Fsp3) is 0. The molecule has 1 amide bonds.